The zero-order chi connectivity index (χ0) is 15.4. The zero-order valence-electron chi connectivity index (χ0n) is 11.7. The number of anilines is 1. The van der Waals surface area contributed by atoms with Gasteiger partial charge in [-0.1, -0.05) is 41.4 Å². The number of ether oxygens (including phenoxy) is 1. The Hall–Kier alpha value is -1.71. The lowest BCUT2D eigenvalue weighted by Gasteiger charge is -2.22. The minimum absolute atomic E-state index is 0.160. The molecule has 21 heavy (non-hydrogen) atoms. The Labute approximate surface area is 134 Å². The fourth-order valence-electron chi connectivity index (χ4n) is 1.86. The van der Waals surface area contributed by atoms with Crippen LogP contribution in [0.15, 0.2) is 48.5 Å². The molecule has 0 radical (unpaired) electrons. The van der Waals surface area contributed by atoms with E-state index in [2.05, 4.69) is 0 Å². The van der Waals surface area contributed by atoms with Gasteiger partial charge in [0.05, 0.1) is 5.02 Å². The Morgan fingerprint density at radius 2 is 1.81 bits per heavy atom. The molecule has 2 rings (SSSR count). The molecule has 5 heteroatoms. The molecule has 0 N–H and O–H groups in total. The van der Waals surface area contributed by atoms with Crippen molar-refractivity contribution in [3.05, 3.63) is 58.6 Å². The van der Waals surface area contributed by atoms with E-state index in [0.717, 1.165) is 5.69 Å². The molecule has 0 unspecified atom stereocenters. The van der Waals surface area contributed by atoms with Gasteiger partial charge in [0.15, 0.2) is 6.10 Å². The SMILES string of the molecule is C[C@H](Oc1ccc(Cl)cc1Cl)C(=O)N(C)c1ccccc1. The topological polar surface area (TPSA) is 29.5 Å². The summed E-state index contributed by atoms with van der Waals surface area (Å²) in [6.45, 7) is 1.69. The first-order valence-electron chi connectivity index (χ1n) is 6.43. The van der Waals surface area contributed by atoms with Crippen LogP contribution in [0, 0.1) is 0 Å². The summed E-state index contributed by atoms with van der Waals surface area (Å²) in [7, 11) is 1.71. The van der Waals surface area contributed by atoms with Gasteiger partial charge in [-0.3, -0.25) is 4.79 Å². The molecule has 2 aromatic rings. The van der Waals surface area contributed by atoms with Gasteiger partial charge < -0.3 is 9.64 Å². The molecule has 0 aliphatic carbocycles. The van der Waals surface area contributed by atoms with Crippen molar-refractivity contribution in [1.82, 2.24) is 0 Å². The molecule has 1 atom stereocenters. The Morgan fingerprint density at radius 1 is 1.14 bits per heavy atom. The molecule has 0 aliphatic rings. The summed E-state index contributed by atoms with van der Waals surface area (Å²) in [4.78, 5) is 13.9. The van der Waals surface area contributed by atoms with Gasteiger partial charge in [0, 0.05) is 17.8 Å². The summed E-state index contributed by atoms with van der Waals surface area (Å²) in [5.74, 6) is 0.274. The second-order valence-corrected chi connectivity index (χ2v) is 5.41. The highest BCUT2D eigenvalue weighted by atomic mass is 35.5. The summed E-state index contributed by atoms with van der Waals surface area (Å²) in [6.07, 6.45) is -0.658. The van der Waals surface area contributed by atoms with Crippen molar-refractivity contribution < 1.29 is 9.53 Å². The predicted octanol–water partition coefficient (Wildman–Crippen LogP) is 4.42. The van der Waals surface area contributed by atoms with Crippen molar-refractivity contribution in [1.29, 1.82) is 0 Å². The van der Waals surface area contributed by atoms with E-state index in [-0.39, 0.29) is 5.91 Å². The van der Waals surface area contributed by atoms with E-state index >= 15 is 0 Å². The van der Waals surface area contributed by atoms with Gasteiger partial charge in [0.1, 0.15) is 5.75 Å². The monoisotopic (exact) mass is 323 g/mol. The summed E-state index contributed by atoms with van der Waals surface area (Å²) in [5, 5.41) is 0.900. The molecular formula is C16H15Cl2NO2. The smallest absolute Gasteiger partial charge is 0.267 e. The maximum atomic E-state index is 12.4. The number of benzene rings is 2. The van der Waals surface area contributed by atoms with Crippen LogP contribution in [0.5, 0.6) is 5.75 Å². The molecule has 0 fully saturated rings. The summed E-state index contributed by atoms with van der Waals surface area (Å²) in [6, 6.07) is 14.3. The van der Waals surface area contributed by atoms with Crippen molar-refractivity contribution >= 4 is 34.8 Å². The number of halogens is 2. The minimum atomic E-state index is -0.658. The molecule has 0 spiro atoms. The molecule has 110 valence electrons. The van der Waals surface area contributed by atoms with E-state index in [4.69, 9.17) is 27.9 Å². The summed E-state index contributed by atoms with van der Waals surface area (Å²) < 4.78 is 5.62. The van der Waals surface area contributed by atoms with Gasteiger partial charge in [0.2, 0.25) is 0 Å². The number of para-hydroxylation sites is 1. The second-order valence-electron chi connectivity index (χ2n) is 4.57. The third kappa shape index (κ3) is 3.90. The number of nitrogens with zero attached hydrogens (tertiary/aromatic N) is 1. The molecule has 0 heterocycles. The van der Waals surface area contributed by atoms with Crippen LogP contribution in [0.3, 0.4) is 0 Å². The zero-order valence-corrected chi connectivity index (χ0v) is 13.2. The number of likely N-dealkylation sites (N-methyl/N-ethyl adjacent to an activating group) is 1. The largest absolute Gasteiger partial charge is 0.479 e. The first kappa shape index (κ1) is 15.7. The first-order chi connectivity index (χ1) is 9.99. The van der Waals surface area contributed by atoms with Crippen molar-refractivity contribution in [2.75, 3.05) is 11.9 Å². The molecule has 2 aromatic carbocycles. The average Bonchev–Trinajstić information content (AvgIpc) is 2.49. The van der Waals surface area contributed by atoms with E-state index in [1.165, 1.54) is 0 Å². The van der Waals surface area contributed by atoms with Crippen molar-refractivity contribution in [3.8, 4) is 5.75 Å². The molecule has 0 saturated heterocycles. The van der Waals surface area contributed by atoms with E-state index < -0.39 is 6.10 Å². The van der Waals surface area contributed by atoms with Crippen molar-refractivity contribution in [2.45, 2.75) is 13.0 Å². The number of carbonyl (C=O) groups excluding carboxylic acids is 1. The highest BCUT2D eigenvalue weighted by Crippen LogP contribution is 2.28. The summed E-state index contributed by atoms with van der Waals surface area (Å²) >= 11 is 11.9. The van der Waals surface area contributed by atoms with Crippen LogP contribution < -0.4 is 9.64 Å². The van der Waals surface area contributed by atoms with Gasteiger partial charge in [-0.05, 0) is 37.3 Å². The molecule has 0 bridgehead atoms. The van der Waals surface area contributed by atoms with Crippen LogP contribution >= 0.6 is 23.2 Å². The van der Waals surface area contributed by atoms with Gasteiger partial charge >= 0.3 is 0 Å². The van der Waals surface area contributed by atoms with Crippen LogP contribution in [0.2, 0.25) is 10.0 Å². The fraction of sp³-hybridized carbons (Fsp3) is 0.188. The van der Waals surface area contributed by atoms with Crippen LogP contribution in [-0.2, 0) is 4.79 Å². The lowest BCUT2D eigenvalue weighted by Crippen LogP contribution is -2.38. The van der Waals surface area contributed by atoms with Crippen LogP contribution in [0.4, 0.5) is 5.69 Å². The molecular weight excluding hydrogens is 309 g/mol. The van der Waals surface area contributed by atoms with Crippen molar-refractivity contribution in [3.63, 3.8) is 0 Å². The van der Waals surface area contributed by atoms with Crippen LogP contribution in [0.25, 0.3) is 0 Å². The minimum Gasteiger partial charge on any atom is -0.479 e. The molecule has 1 amide bonds. The second kappa shape index (κ2) is 6.83. The molecule has 0 aromatic heterocycles. The number of carbonyl (C=O) groups is 1. The van der Waals surface area contributed by atoms with Gasteiger partial charge in [-0.15, -0.1) is 0 Å². The normalized spacial score (nSPS) is 11.8. The maximum Gasteiger partial charge on any atom is 0.267 e. The van der Waals surface area contributed by atoms with E-state index in [0.29, 0.717) is 15.8 Å². The quantitative estimate of drug-likeness (QED) is 0.833. The number of hydrogen-bond donors (Lipinski definition) is 0. The van der Waals surface area contributed by atoms with E-state index in [9.17, 15) is 4.79 Å². The van der Waals surface area contributed by atoms with Gasteiger partial charge in [0.25, 0.3) is 5.91 Å². The third-order valence-corrected chi connectivity index (χ3v) is 3.55. The Morgan fingerprint density at radius 3 is 2.43 bits per heavy atom. The maximum absolute atomic E-state index is 12.4. The first-order valence-corrected chi connectivity index (χ1v) is 7.19. The average molecular weight is 324 g/mol. The van der Waals surface area contributed by atoms with E-state index in [1.807, 2.05) is 30.3 Å². The van der Waals surface area contributed by atoms with Crippen LogP contribution in [0.1, 0.15) is 6.92 Å². The lowest BCUT2D eigenvalue weighted by molar-refractivity contribution is -0.124. The Kier molecular flexibility index (Phi) is 5.10. The number of rotatable bonds is 4. The fourth-order valence-corrected chi connectivity index (χ4v) is 2.32. The molecule has 3 nitrogen and oxygen atoms in total. The predicted molar refractivity (Wildman–Crippen MR) is 86.4 cm³/mol. The Bertz CT molecular complexity index is 631. The van der Waals surface area contributed by atoms with Gasteiger partial charge in [-0.2, -0.15) is 0 Å². The highest BCUT2D eigenvalue weighted by molar-refractivity contribution is 6.35. The van der Waals surface area contributed by atoms with Gasteiger partial charge in [-0.25, -0.2) is 0 Å². The lowest BCUT2D eigenvalue weighted by atomic mass is 10.2. The van der Waals surface area contributed by atoms with Crippen molar-refractivity contribution in [2.24, 2.45) is 0 Å². The summed E-state index contributed by atoms with van der Waals surface area (Å²) in [5.41, 5.74) is 0.806. The third-order valence-electron chi connectivity index (χ3n) is 3.02. The standard InChI is InChI=1S/C16H15Cl2NO2/c1-11(21-15-9-8-12(17)10-14(15)18)16(20)19(2)13-6-4-3-5-7-13/h3-11H,1-2H3/t11-/m0/s1. The number of hydrogen-bond acceptors (Lipinski definition) is 2. The van der Waals surface area contributed by atoms with E-state index in [1.54, 1.807) is 37.1 Å². The molecule has 0 aliphatic heterocycles. The number of amides is 1. The highest BCUT2D eigenvalue weighted by Gasteiger charge is 2.21. The molecule has 0 saturated carbocycles. The Balaban J connectivity index is 2.09. The van der Waals surface area contributed by atoms with Crippen LogP contribution in [-0.4, -0.2) is 19.1 Å².